The first-order valence-electron chi connectivity index (χ1n) is 10.7. The Morgan fingerprint density at radius 1 is 0.966 bits per heavy atom. The van der Waals surface area contributed by atoms with Crippen molar-refractivity contribution in [3.8, 4) is 5.75 Å². The lowest BCUT2D eigenvalue weighted by atomic mass is 9.85. The SMILES string of the molecule is Cc1ccc(OC[C@H](O)CN2CCN(Cc3ccccc3)CC2)c(C(C)(C)C)c1. The van der Waals surface area contributed by atoms with E-state index in [1.807, 2.05) is 6.07 Å². The van der Waals surface area contributed by atoms with E-state index in [0.29, 0.717) is 13.2 Å². The third-order valence-electron chi connectivity index (χ3n) is 5.56. The summed E-state index contributed by atoms with van der Waals surface area (Å²) in [7, 11) is 0. The maximum Gasteiger partial charge on any atom is 0.123 e. The third kappa shape index (κ3) is 6.56. The summed E-state index contributed by atoms with van der Waals surface area (Å²) < 4.78 is 6.04. The largest absolute Gasteiger partial charge is 0.491 e. The zero-order chi connectivity index (χ0) is 20.9. The van der Waals surface area contributed by atoms with Crippen LogP contribution in [-0.4, -0.2) is 60.3 Å². The van der Waals surface area contributed by atoms with Crippen molar-refractivity contribution >= 4 is 0 Å². The molecule has 4 heteroatoms. The number of aliphatic hydroxyl groups excluding tert-OH is 1. The Hall–Kier alpha value is -1.88. The van der Waals surface area contributed by atoms with Gasteiger partial charge in [0.1, 0.15) is 18.5 Å². The van der Waals surface area contributed by atoms with Crippen molar-refractivity contribution in [2.45, 2.75) is 45.8 Å². The molecule has 1 saturated heterocycles. The van der Waals surface area contributed by atoms with Gasteiger partial charge in [-0.2, -0.15) is 0 Å². The highest BCUT2D eigenvalue weighted by Crippen LogP contribution is 2.32. The van der Waals surface area contributed by atoms with Crippen LogP contribution >= 0.6 is 0 Å². The lowest BCUT2D eigenvalue weighted by Crippen LogP contribution is -2.48. The summed E-state index contributed by atoms with van der Waals surface area (Å²) in [6.07, 6.45) is -0.482. The fourth-order valence-electron chi connectivity index (χ4n) is 3.86. The molecule has 4 nitrogen and oxygen atoms in total. The van der Waals surface area contributed by atoms with Crippen LogP contribution in [0.25, 0.3) is 0 Å². The third-order valence-corrected chi connectivity index (χ3v) is 5.56. The Bertz CT molecular complexity index is 762. The predicted molar refractivity (Wildman–Crippen MR) is 120 cm³/mol. The second-order valence-electron chi connectivity index (χ2n) is 9.28. The minimum atomic E-state index is -0.482. The van der Waals surface area contributed by atoms with Crippen molar-refractivity contribution in [2.24, 2.45) is 0 Å². The van der Waals surface area contributed by atoms with Crippen molar-refractivity contribution in [1.29, 1.82) is 0 Å². The van der Waals surface area contributed by atoms with Crippen molar-refractivity contribution < 1.29 is 9.84 Å². The molecule has 1 N–H and O–H groups in total. The van der Waals surface area contributed by atoms with Crippen molar-refractivity contribution in [1.82, 2.24) is 9.80 Å². The average molecular weight is 397 g/mol. The molecular weight excluding hydrogens is 360 g/mol. The number of piperazine rings is 1. The van der Waals surface area contributed by atoms with E-state index in [0.717, 1.165) is 38.5 Å². The minimum absolute atomic E-state index is 0.0153. The van der Waals surface area contributed by atoms with Gasteiger partial charge in [0.25, 0.3) is 0 Å². The van der Waals surface area contributed by atoms with E-state index in [2.05, 4.69) is 80.0 Å². The summed E-state index contributed by atoms with van der Waals surface area (Å²) in [5.41, 5.74) is 3.80. The van der Waals surface area contributed by atoms with Gasteiger partial charge in [-0.1, -0.05) is 68.8 Å². The number of nitrogens with zero attached hydrogens (tertiary/aromatic N) is 2. The van der Waals surface area contributed by atoms with E-state index < -0.39 is 6.10 Å². The van der Waals surface area contributed by atoms with E-state index in [1.165, 1.54) is 16.7 Å². The van der Waals surface area contributed by atoms with E-state index in [1.54, 1.807) is 0 Å². The standard InChI is InChI=1S/C25H36N2O2/c1-20-10-11-24(23(16-20)25(2,3)4)29-19-22(28)18-27-14-12-26(13-15-27)17-21-8-6-5-7-9-21/h5-11,16,22,28H,12-15,17-19H2,1-4H3/t22-/m1/s1. The van der Waals surface area contributed by atoms with Crippen LogP contribution in [0.1, 0.15) is 37.5 Å². The summed E-state index contributed by atoms with van der Waals surface area (Å²) in [6.45, 7) is 14.7. The number of rotatable bonds is 7. The molecule has 2 aromatic rings. The molecule has 0 spiro atoms. The van der Waals surface area contributed by atoms with E-state index in [9.17, 15) is 5.11 Å². The summed E-state index contributed by atoms with van der Waals surface area (Å²) >= 11 is 0. The van der Waals surface area contributed by atoms with Crippen LogP contribution in [0.15, 0.2) is 48.5 Å². The summed E-state index contributed by atoms with van der Waals surface area (Å²) in [5, 5.41) is 10.5. The average Bonchev–Trinajstić information content (AvgIpc) is 2.68. The Kier molecular flexibility index (Phi) is 7.33. The van der Waals surface area contributed by atoms with Gasteiger partial charge in [0, 0.05) is 39.3 Å². The molecule has 1 heterocycles. The fraction of sp³-hybridized carbons (Fsp3) is 0.520. The highest BCUT2D eigenvalue weighted by Gasteiger charge is 2.22. The molecule has 1 fully saturated rings. The first-order chi connectivity index (χ1) is 13.8. The maximum atomic E-state index is 10.5. The topological polar surface area (TPSA) is 35.9 Å². The number of aliphatic hydroxyl groups is 1. The van der Waals surface area contributed by atoms with Gasteiger partial charge in [-0.05, 0) is 29.5 Å². The molecule has 2 aromatic carbocycles. The zero-order valence-corrected chi connectivity index (χ0v) is 18.4. The van der Waals surface area contributed by atoms with Crippen LogP contribution in [0.4, 0.5) is 0 Å². The van der Waals surface area contributed by atoms with Crippen LogP contribution in [0.5, 0.6) is 5.75 Å². The summed E-state index contributed by atoms with van der Waals surface area (Å²) in [5.74, 6) is 0.884. The molecule has 3 rings (SSSR count). The lowest BCUT2D eigenvalue weighted by molar-refractivity contribution is 0.0442. The van der Waals surface area contributed by atoms with Crippen LogP contribution in [0, 0.1) is 6.92 Å². The van der Waals surface area contributed by atoms with Gasteiger partial charge in [-0.25, -0.2) is 0 Å². The Labute approximate surface area is 176 Å². The Morgan fingerprint density at radius 3 is 2.28 bits per heavy atom. The van der Waals surface area contributed by atoms with Gasteiger partial charge in [0.2, 0.25) is 0 Å². The van der Waals surface area contributed by atoms with E-state index >= 15 is 0 Å². The molecule has 0 amide bonds. The van der Waals surface area contributed by atoms with Crippen molar-refractivity contribution in [2.75, 3.05) is 39.3 Å². The lowest BCUT2D eigenvalue weighted by Gasteiger charge is -2.35. The number of hydrogen-bond donors (Lipinski definition) is 1. The molecular formula is C25H36N2O2. The maximum absolute atomic E-state index is 10.5. The molecule has 1 atom stereocenters. The van der Waals surface area contributed by atoms with Crippen molar-refractivity contribution in [3.63, 3.8) is 0 Å². The van der Waals surface area contributed by atoms with Crippen LogP contribution in [0.2, 0.25) is 0 Å². The van der Waals surface area contributed by atoms with Gasteiger partial charge in [0.15, 0.2) is 0 Å². The summed E-state index contributed by atoms with van der Waals surface area (Å²) in [6, 6.07) is 16.9. The van der Waals surface area contributed by atoms with Gasteiger partial charge >= 0.3 is 0 Å². The number of β-amino-alcohol motifs (C(OH)–C–C–N with tert-alkyl or cyclic N) is 1. The highest BCUT2D eigenvalue weighted by molar-refractivity contribution is 5.41. The molecule has 1 aliphatic rings. The Balaban J connectivity index is 1.45. The van der Waals surface area contributed by atoms with E-state index in [4.69, 9.17) is 4.74 Å². The molecule has 0 bridgehead atoms. The molecule has 0 radical (unpaired) electrons. The second kappa shape index (κ2) is 9.75. The minimum Gasteiger partial charge on any atom is -0.491 e. The number of hydrogen-bond acceptors (Lipinski definition) is 4. The van der Waals surface area contributed by atoms with Gasteiger partial charge in [-0.3, -0.25) is 9.80 Å². The van der Waals surface area contributed by atoms with Crippen LogP contribution < -0.4 is 4.74 Å². The highest BCUT2D eigenvalue weighted by atomic mass is 16.5. The Morgan fingerprint density at radius 2 is 1.62 bits per heavy atom. The quantitative estimate of drug-likeness (QED) is 0.771. The van der Waals surface area contributed by atoms with Gasteiger partial charge in [0.05, 0.1) is 0 Å². The molecule has 158 valence electrons. The van der Waals surface area contributed by atoms with Crippen LogP contribution in [0.3, 0.4) is 0 Å². The molecule has 0 aromatic heterocycles. The zero-order valence-electron chi connectivity index (χ0n) is 18.4. The van der Waals surface area contributed by atoms with Crippen molar-refractivity contribution in [3.05, 3.63) is 65.2 Å². The molecule has 0 unspecified atom stereocenters. The summed E-state index contributed by atoms with van der Waals surface area (Å²) in [4.78, 5) is 4.83. The smallest absolute Gasteiger partial charge is 0.123 e. The number of aryl methyl sites for hydroxylation is 1. The number of ether oxygens (including phenoxy) is 1. The normalized spacial score (nSPS) is 17.3. The molecule has 0 aliphatic carbocycles. The molecule has 29 heavy (non-hydrogen) atoms. The fourth-order valence-corrected chi connectivity index (χ4v) is 3.86. The predicted octanol–water partition coefficient (Wildman–Crippen LogP) is 3.85. The monoisotopic (exact) mass is 396 g/mol. The van der Waals surface area contributed by atoms with E-state index in [-0.39, 0.29) is 5.41 Å². The van der Waals surface area contributed by atoms with Gasteiger partial charge in [-0.15, -0.1) is 0 Å². The number of benzene rings is 2. The molecule has 1 aliphatic heterocycles. The molecule has 0 saturated carbocycles. The van der Waals surface area contributed by atoms with Gasteiger partial charge < -0.3 is 9.84 Å². The van der Waals surface area contributed by atoms with Crippen LogP contribution in [-0.2, 0) is 12.0 Å². The first kappa shape index (κ1) is 21.8. The first-order valence-corrected chi connectivity index (χ1v) is 10.7. The second-order valence-corrected chi connectivity index (χ2v) is 9.28.